The number of anilines is 1. The number of fused-ring (bicyclic) bond motifs is 1. The van der Waals surface area contributed by atoms with E-state index < -0.39 is 5.97 Å². The maximum atomic E-state index is 11.2. The van der Waals surface area contributed by atoms with Crippen LogP contribution in [0.15, 0.2) is 35.2 Å². The summed E-state index contributed by atoms with van der Waals surface area (Å²) < 4.78 is 0. The zero-order chi connectivity index (χ0) is 14.8. The number of aromatic carboxylic acids is 1. The molecule has 0 radical (unpaired) electrons. The molecule has 7 heteroatoms. The predicted octanol–water partition coefficient (Wildman–Crippen LogP) is 2.42. The van der Waals surface area contributed by atoms with E-state index in [4.69, 9.17) is 5.11 Å². The standard InChI is InChI=1S/C14H12N4O2S/c1-18(6-9-7-21-8-15-9)13-10-4-2-3-5-11(10)16-12(17-13)14(19)20/h2-5,7-8H,6H2,1H3,(H,19,20). The van der Waals surface area contributed by atoms with Crippen LogP contribution in [-0.4, -0.2) is 33.1 Å². The largest absolute Gasteiger partial charge is 0.475 e. The molecule has 0 saturated heterocycles. The van der Waals surface area contributed by atoms with Crippen molar-refractivity contribution in [3.05, 3.63) is 46.7 Å². The Morgan fingerprint density at radius 2 is 2.14 bits per heavy atom. The number of carboxylic acids is 1. The van der Waals surface area contributed by atoms with Crippen LogP contribution in [0.5, 0.6) is 0 Å². The van der Waals surface area contributed by atoms with Crippen molar-refractivity contribution >= 4 is 34.0 Å². The highest BCUT2D eigenvalue weighted by Gasteiger charge is 2.15. The lowest BCUT2D eigenvalue weighted by atomic mass is 10.2. The first-order valence-electron chi connectivity index (χ1n) is 6.23. The number of para-hydroxylation sites is 1. The first kappa shape index (κ1) is 13.4. The Morgan fingerprint density at radius 1 is 1.33 bits per heavy atom. The average Bonchev–Trinajstić information content (AvgIpc) is 2.98. The van der Waals surface area contributed by atoms with Crippen molar-refractivity contribution in [2.75, 3.05) is 11.9 Å². The van der Waals surface area contributed by atoms with Crippen molar-refractivity contribution in [3.63, 3.8) is 0 Å². The van der Waals surface area contributed by atoms with E-state index in [1.54, 1.807) is 11.6 Å². The van der Waals surface area contributed by atoms with Gasteiger partial charge in [0.25, 0.3) is 0 Å². The summed E-state index contributed by atoms with van der Waals surface area (Å²) >= 11 is 1.52. The van der Waals surface area contributed by atoms with E-state index in [9.17, 15) is 4.79 Å². The summed E-state index contributed by atoms with van der Waals surface area (Å²) in [7, 11) is 1.86. The van der Waals surface area contributed by atoms with Crippen LogP contribution in [-0.2, 0) is 6.54 Å². The number of thiazole rings is 1. The molecule has 3 rings (SSSR count). The highest BCUT2D eigenvalue weighted by Crippen LogP contribution is 2.24. The monoisotopic (exact) mass is 300 g/mol. The Kier molecular flexibility index (Phi) is 3.49. The fraction of sp³-hybridized carbons (Fsp3) is 0.143. The van der Waals surface area contributed by atoms with Crippen molar-refractivity contribution < 1.29 is 9.90 Å². The average molecular weight is 300 g/mol. The molecule has 0 amide bonds. The molecule has 1 aromatic carbocycles. The fourth-order valence-electron chi connectivity index (χ4n) is 2.08. The van der Waals surface area contributed by atoms with Crippen LogP contribution >= 0.6 is 11.3 Å². The first-order chi connectivity index (χ1) is 10.1. The van der Waals surface area contributed by atoms with Crippen LogP contribution in [0, 0.1) is 0 Å². The number of hydrogen-bond donors (Lipinski definition) is 1. The molecular weight excluding hydrogens is 288 g/mol. The topological polar surface area (TPSA) is 79.2 Å². The number of hydrogen-bond acceptors (Lipinski definition) is 6. The quantitative estimate of drug-likeness (QED) is 0.797. The molecule has 0 bridgehead atoms. The van der Waals surface area contributed by atoms with Gasteiger partial charge in [0.15, 0.2) is 0 Å². The minimum Gasteiger partial charge on any atom is -0.475 e. The maximum absolute atomic E-state index is 11.2. The Hall–Kier alpha value is -2.54. The van der Waals surface area contributed by atoms with Gasteiger partial charge in [-0.15, -0.1) is 11.3 Å². The van der Waals surface area contributed by atoms with Crippen LogP contribution < -0.4 is 4.90 Å². The zero-order valence-electron chi connectivity index (χ0n) is 11.2. The highest BCUT2D eigenvalue weighted by atomic mass is 32.1. The van der Waals surface area contributed by atoms with Crippen molar-refractivity contribution in [3.8, 4) is 0 Å². The van der Waals surface area contributed by atoms with Crippen molar-refractivity contribution in [1.82, 2.24) is 15.0 Å². The molecule has 0 spiro atoms. The van der Waals surface area contributed by atoms with Gasteiger partial charge in [-0.05, 0) is 12.1 Å². The molecule has 0 aliphatic rings. The molecule has 0 saturated carbocycles. The Labute approximate surface area is 124 Å². The molecular formula is C14H12N4O2S. The molecule has 106 valence electrons. The Balaban J connectivity index is 2.08. The third kappa shape index (κ3) is 2.68. The lowest BCUT2D eigenvalue weighted by molar-refractivity contribution is 0.0684. The third-order valence-electron chi connectivity index (χ3n) is 3.02. The predicted molar refractivity (Wildman–Crippen MR) is 80.7 cm³/mol. The molecule has 1 N–H and O–H groups in total. The van der Waals surface area contributed by atoms with Crippen molar-refractivity contribution in [2.24, 2.45) is 0 Å². The molecule has 0 aliphatic heterocycles. The van der Waals surface area contributed by atoms with Gasteiger partial charge in [-0.3, -0.25) is 0 Å². The summed E-state index contributed by atoms with van der Waals surface area (Å²) in [5.41, 5.74) is 3.30. The van der Waals surface area contributed by atoms with E-state index in [1.807, 2.05) is 35.5 Å². The van der Waals surface area contributed by atoms with Gasteiger partial charge in [0, 0.05) is 17.8 Å². The fourth-order valence-corrected chi connectivity index (χ4v) is 2.63. The van der Waals surface area contributed by atoms with Crippen LogP contribution in [0.4, 0.5) is 5.82 Å². The van der Waals surface area contributed by atoms with Gasteiger partial charge >= 0.3 is 5.97 Å². The number of rotatable bonds is 4. The highest BCUT2D eigenvalue weighted by molar-refractivity contribution is 7.07. The normalized spacial score (nSPS) is 10.7. The van der Waals surface area contributed by atoms with Gasteiger partial charge in [-0.2, -0.15) is 0 Å². The van der Waals surface area contributed by atoms with Gasteiger partial charge < -0.3 is 10.0 Å². The second-order valence-corrected chi connectivity index (χ2v) is 5.25. The number of carbonyl (C=O) groups is 1. The first-order valence-corrected chi connectivity index (χ1v) is 7.17. The van der Waals surface area contributed by atoms with E-state index in [1.165, 1.54) is 11.3 Å². The summed E-state index contributed by atoms with van der Waals surface area (Å²) in [5, 5.41) is 11.9. The molecule has 0 unspecified atom stereocenters. The minimum absolute atomic E-state index is 0.200. The number of nitrogens with zero attached hydrogens (tertiary/aromatic N) is 4. The molecule has 0 fully saturated rings. The lowest BCUT2D eigenvalue weighted by Crippen LogP contribution is -2.20. The van der Waals surface area contributed by atoms with E-state index in [2.05, 4.69) is 15.0 Å². The van der Waals surface area contributed by atoms with E-state index >= 15 is 0 Å². The zero-order valence-corrected chi connectivity index (χ0v) is 12.0. The SMILES string of the molecule is CN(Cc1cscn1)c1nc(C(=O)O)nc2ccccc12. The molecule has 2 heterocycles. The van der Waals surface area contributed by atoms with Crippen LogP contribution in [0.25, 0.3) is 10.9 Å². The molecule has 2 aromatic heterocycles. The van der Waals surface area contributed by atoms with Gasteiger partial charge in [0.2, 0.25) is 5.82 Å². The van der Waals surface area contributed by atoms with Gasteiger partial charge in [-0.25, -0.2) is 19.7 Å². The molecule has 0 aliphatic carbocycles. The second-order valence-electron chi connectivity index (χ2n) is 4.53. The second kappa shape index (κ2) is 5.45. The summed E-state index contributed by atoms with van der Waals surface area (Å²) in [5.74, 6) is -0.746. The molecule has 6 nitrogen and oxygen atoms in total. The van der Waals surface area contributed by atoms with Gasteiger partial charge in [-0.1, -0.05) is 12.1 Å². The Bertz CT molecular complexity index is 789. The molecule has 21 heavy (non-hydrogen) atoms. The molecule has 3 aromatic rings. The lowest BCUT2D eigenvalue weighted by Gasteiger charge is -2.19. The number of carboxylic acid groups (broad SMARTS) is 1. The van der Waals surface area contributed by atoms with Crippen LogP contribution in [0.2, 0.25) is 0 Å². The number of aromatic nitrogens is 3. The van der Waals surface area contributed by atoms with Crippen LogP contribution in [0.1, 0.15) is 16.3 Å². The molecule has 0 atom stereocenters. The summed E-state index contributed by atoms with van der Waals surface area (Å²) in [6, 6.07) is 7.37. The van der Waals surface area contributed by atoms with Crippen molar-refractivity contribution in [2.45, 2.75) is 6.54 Å². The third-order valence-corrected chi connectivity index (χ3v) is 3.65. The van der Waals surface area contributed by atoms with Gasteiger partial charge in [0.1, 0.15) is 5.82 Å². The van der Waals surface area contributed by atoms with Crippen molar-refractivity contribution in [1.29, 1.82) is 0 Å². The summed E-state index contributed by atoms with van der Waals surface area (Å²) in [6.07, 6.45) is 0. The maximum Gasteiger partial charge on any atom is 0.374 e. The Morgan fingerprint density at radius 3 is 2.86 bits per heavy atom. The van der Waals surface area contributed by atoms with E-state index in [-0.39, 0.29) is 5.82 Å². The summed E-state index contributed by atoms with van der Waals surface area (Å²) in [6.45, 7) is 0.559. The minimum atomic E-state index is -1.14. The van der Waals surface area contributed by atoms with Gasteiger partial charge in [0.05, 0.1) is 23.3 Å². The number of benzene rings is 1. The van der Waals surface area contributed by atoms with E-state index in [0.29, 0.717) is 17.9 Å². The summed E-state index contributed by atoms with van der Waals surface area (Å²) in [4.78, 5) is 25.5. The smallest absolute Gasteiger partial charge is 0.374 e. The van der Waals surface area contributed by atoms with Crippen LogP contribution in [0.3, 0.4) is 0 Å². The van der Waals surface area contributed by atoms with E-state index in [0.717, 1.165) is 11.1 Å².